The zero-order valence-electron chi connectivity index (χ0n) is 21.9. The highest BCUT2D eigenvalue weighted by molar-refractivity contribution is 7.92. The predicted molar refractivity (Wildman–Crippen MR) is 148 cm³/mol. The number of carbonyl (C=O) groups excluding carboxylic acids is 1. The van der Waals surface area contributed by atoms with E-state index in [1.807, 2.05) is 18.2 Å². The van der Waals surface area contributed by atoms with Gasteiger partial charge in [0.2, 0.25) is 5.91 Å². The molecule has 1 N–H and O–H groups in total. The van der Waals surface area contributed by atoms with Crippen LogP contribution in [0.5, 0.6) is 11.5 Å². The highest BCUT2D eigenvalue weighted by atomic mass is 32.2. The van der Waals surface area contributed by atoms with Gasteiger partial charge in [-0.1, -0.05) is 48.9 Å². The van der Waals surface area contributed by atoms with Gasteiger partial charge in [0.1, 0.15) is 6.54 Å². The zero-order valence-corrected chi connectivity index (χ0v) is 22.7. The lowest BCUT2D eigenvalue weighted by Gasteiger charge is -2.27. The molecule has 3 aromatic rings. The minimum atomic E-state index is -4.09. The molecule has 1 heterocycles. The van der Waals surface area contributed by atoms with Gasteiger partial charge in [-0.15, -0.1) is 0 Å². The van der Waals surface area contributed by atoms with Crippen molar-refractivity contribution in [2.45, 2.75) is 37.2 Å². The number of rotatable bonds is 11. The van der Waals surface area contributed by atoms with Crippen molar-refractivity contribution in [2.75, 3.05) is 38.2 Å². The molecule has 8 nitrogen and oxygen atoms in total. The Morgan fingerprint density at radius 3 is 2.21 bits per heavy atom. The van der Waals surface area contributed by atoms with Gasteiger partial charge in [0.15, 0.2) is 11.5 Å². The molecule has 3 aromatic carbocycles. The van der Waals surface area contributed by atoms with Crippen LogP contribution in [0.2, 0.25) is 0 Å². The Morgan fingerprint density at radius 1 is 0.868 bits per heavy atom. The Kier molecular flexibility index (Phi) is 9.25. The van der Waals surface area contributed by atoms with Crippen LogP contribution in [0.4, 0.5) is 5.69 Å². The van der Waals surface area contributed by atoms with E-state index in [4.69, 9.17) is 9.47 Å². The topological polar surface area (TPSA) is 88.2 Å². The lowest BCUT2D eigenvalue weighted by molar-refractivity contribution is -0.119. The first-order valence-corrected chi connectivity index (χ1v) is 14.2. The highest BCUT2D eigenvalue weighted by Crippen LogP contribution is 2.32. The zero-order chi connectivity index (χ0) is 27.0. The summed E-state index contributed by atoms with van der Waals surface area (Å²) in [4.78, 5) is 15.6. The van der Waals surface area contributed by atoms with Crippen molar-refractivity contribution in [1.82, 2.24) is 10.2 Å². The fraction of sp³-hybridized carbons (Fsp3) is 0.345. The van der Waals surface area contributed by atoms with Gasteiger partial charge in [-0.05, 0) is 61.3 Å². The second-order valence-corrected chi connectivity index (χ2v) is 11.1. The van der Waals surface area contributed by atoms with Gasteiger partial charge in [-0.25, -0.2) is 8.42 Å². The molecule has 0 atom stereocenters. The molecule has 9 heteroatoms. The second kappa shape index (κ2) is 12.8. The minimum absolute atomic E-state index is 0.00122. The molecule has 0 unspecified atom stereocenters. The van der Waals surface area contributed by atoms with Crippen LogP contribution in [0.1, 0.15) is 30.4 Å². The molecular formula is C29H35N3O5S. The molecule has 1 aliphatic rings. The molecule has 4 rings (SSSR count). The molecule has 0 aromatic heterocycles. The third-order valence-corrected chi connectivity index (χ3v) is 8.48. The predicted octanol–water partition coefficient (Wildman–Crippen LogP) is 4.20. The standard InChI is InChI=1S/C29H35N3O5S/c1-36-27-16-15-26(19-28(27)37-2)38(34,35)32(25-13-5-3-6-14-25)22-29(33)30-20-23-11-7-8-12-24(23)21-31-17-9-4-10-18-31/h3,5-8,11-16,19H,4,9-10,17-18,20-22H2,1-2H3,(H,30,33). The number of piperidine rings is 1. The van der Waals surface area contributed by atoms with Gasteiger partial charge >= 0.3 is 0 Å². The number of nitrogens with one attached hydrogen (secondary N) is 1. The largest absolute Gasteiger partial charge is 0.493 e. The lowest BCUT2D eigenvalue weighted by atomic mass is 10.0. The molecule has 0 bridgehead atoms. The fourth-order valence-corrected chi connectivity index (χ4v) is 6.07. The maximum absolute atomic E-state index is 13.7. The van der Waals surface area contributed by atoms with Crippen molar-refractivity contribution in [1.29, 1.82) is 0 Å². The third-order valence-electron chi connectivity index (χ3n) is 6.71. The third kappa shape index (κ3) is 6.65. The first-order valence-electron chi connectivity index (χ1n) is 12.8. The van der Waals surface area contributed by atoms with E-state index in [-0.39, 0.29) is 17.2 Å². The SMILES string of the molecule is COc1ccc(S(=O)(=O)N(CC(=O)NCc2ccccc2CN2CCCCC2)c2ccccc2)cc1OC. The molecule has 38 heavy (non-hydrogen) atoms. The van der Waals surface area contributed by atoms with Crippen LogP contribution >= 0.6 is 0 Å². The summed E-state index contributed by atoms with van der Waals surface area (Å²) in [6.45, 7) is 2.97. The Bertz CT molecular complexity index is 1330. The molecular weight excluding hydrogens is 502 g/mol. The molecule has 202 valence electrons. The molecule has 1 aliphatic heterocycles. The number of methoxy groups -OCH3 is 2. The average Bonchev–Trinajstić information content (AvgIpc) is 2.96. The quantitative estimate of drug-likeness (QED) is 0.395. The second-order valence-electron chi connectivity index (χ2n) is 9.25. The first-order chi connectivity index (χ1) is 18.4. The van der Waals surface area contributed by atoms with Crippen LogP contribution < -0.4 is 19.1 Å². The Balaban J connectivity index is 1.52. The molecule has 0 aliphatic carbocycles. The molecule has 0 saturated carbocycles. The van der Waals surface area contributed by atoms with Crippen LogP contribution in [0, 0.1) is 0 Å². The lowest BCUT2D eigenvalue weighted by Crippen LogP contribution is -2.40. The number of carbonyl (C=O) groups is 1. The highest BCUT2D eigenvalue weighted by Gasteiger charge is 2.28. The fourth-order valence-electron chi connectivity index (χ4n) is 4.64. The van der Waals surface area contributed by atoms with Gasteiger partial charge in [-0.2, -0.15) is 0 Å². The molecule has 1 saturated heterocycles. The van der Waals surface area contributed by atoms with Crippen molar-refractivity contribution < 1.29 is 22.7 Å². The molecule has 0 spiro atoms. The normalized spacial score (nSPS) is 14.1. The van der Waals surface area contributed by atoms with Crippen LogP contribution in [-0.4, -0.2) is 53.1 Å². The van der Waals surface area contributed by atoms with Gasteiger partial charge in [0.05, 0.1) is 24.8 Å². The summed E-state index contributed by atoms with van der Waals surface area (Å²) in [7, 11) is -1.16. The van der Waals surface area contributed by atoms with Crippen molar-refractivity contribution in [3.8, 4) is 11.5 Å². The minimum Gasteiger partial charge on any atom is -0.493 e. The van der Waals surface area contributed by atoms with E-state index in [9.17, 15) is 13.2 Å². The van der Waals surface area contributed by atoms with Gasteiger partial charge in [-0.3, -0.25) is 14.0 Å². The number of benzene rings is 3. The van der Waals surface area contributed by atoms with E-state index in [1.165, 1.54) is 57.2 Å². The number of anilines is 1. The van der Waals surface area contributed by atoms with Crippen molar-refractivity contribution in [3.63, 3.8) is 0 Å². The summed E-state index contributed by atoms with van der Waals surface area (Å²) in [6.07, 6.45) is 3.70. The Morgan fingerprint density at radius 2 is 1.53 bits per heavy atom. The monoisotopic (exact) mass is 537 g/mol. The molecule has 1 fully saturated rings. The number of para-hydroxylation sites is 1. The summed E-state index contributed by atoms with van der Waals surface area (Å²) in [5.74, 6) is 0.306. The van der Waals surface area contributed by atoms with Crippen LogP contribution in [0.15, 0.2) is 77.7 Å². The maximum Gasteiger partial charge on any atom is 0.264 e. The van der Waals surface area contributed by atoms with Crippen molar-refractivity contribution >= 4 is 21.6 Å². The summed E-state index contributed by atoms with van der Waals surface area (Å²) >= 11 is 0. The number of likely N-dealkylation sites (tertiary alicyclic amines) is 1. The number of hydrogen-bond donors (Lipinski definition) is 1. The van der Waals surface area contributed by atoms with Crippen molar-refractivity contribution in [3.05, 3.63) is 83.9 Å². The number of hydrogen-bond acceptors (Lipinski definition) is 6. The van der Waals surface area contributed by atoms with Crippen LogP contribution in [0.25, 0.3) is 0 Å². The van der Waals surface area contributed by atoms with Gasteiger partial charge < -0.3 is 14.8 Å². The number of sulfonamides is 1. The van der Waals surface area contributed by atoms with E-state index in [0.717, 1.165) is 29.5 Å². The van der Waals surface area contributed by atoms with Crippen LogP contribution in [-0.2, 0) is 27.9 Å². The summed E-state index contributed by atoms with van der Waals surface area (Å²) in [6, 6.07) is 21.1. The van der Waals surface area contributed by atoms with Crippen LogP contribution in [0.3, 0.4) is 0 Å². The summed E-state index contributed by atoms with van der Waals surface area (Å²) in [5, 5.41) is 2.93. The van der Waals surface area contributed by atoms with E-state index in [0.29, 0.717) is 18.0 Å². The smallest absolute Gasteiger partial charge is 0.264 e. The van der Waals surface area contributed by atoms with Crippen molar-refractivity contribution in [2.24, 2.45) is 0 Å². The first kappa shape index (κ1) is 27.5. The van der Waals surface area contributed by atoms with E-state index in [2.05, 4.69) is 16.3 Å². The van der Waals surface area contributed by atoms with Gasteiger partial charge in [0.25, 0.3) is 10.0 Å². The number of amides is 1. The number of ether oxygens (including phenoxy) is 2. The molecule has 1 amide bonds. The Labute approximate surface area is 225 Å². The van der Waals surface area contributed by atoms with E-state index in [1.54, 1.807) is 30.3 Å². The van der Waals surface area contributed by atoms with E-state index >= 15 is 0 Å². The van der Waals surface area contributed by atoms with E-state index < -0.39 is 15.9 Å². The van der Waals surface area contributed by atoms with Gasteiger partial charge in [0, 0.05) is 19.2 Å². The summed E-state index contributed by atoms with van der Waals surface area (Å²) in [5.41, 5.74) is 2.59. The summed E-state index contributed by atoms with van der Waals surface area (Å²) < 4.78 is 39.1. The molecule has 0 radical (unpaired) electrons. The number of nitrogens with zero attached hydrogens (tertiary/aromatic N) is 2. The maximum atomic E-state index is 13.7. The average molecular weight is 538 g/mol. The Hall–Kier alpha value is -3.56.